The zero-order chi connectivity index (χ0) is 20.1. The van der Waals surface area contributed by atoms with Crippen LogP contribution in [0, 0.1) is 12.3 Å². The third-order valence-corrected chi connectivity index (χ3v) is 5.71. The van der Waals surface area contributed by atoms with E-state index in [0.717, 1.165) is 46.6 Å². The van der Waals surface area contributed by atoms with Crippen LogP contribution < -0.4 is 4.74 Å². The molecule has 6 nitrogen and oxygen atoms in total. The molecule has 0 fully saturated rings. The Morgan fingerprint density at radius 3 is 2.45 bits per heavy atom. The minimum Gasteiger partial charge on any atom is -0.497 e. The van der Waals surface area contributed by atoms with Gasteiger partial charge in [0.1, 0.15) is 5.75 Å². The first kappa shape index (κ1) is 19.2. The van der Waals surface area contributed by atoms with Crippen LogP contribution in [0.2, 0.25) is 0 Å². The van der Waals surface area contributed by atoms with Crippen molar-refractivity contribution in [3.63, 3.8) is 0 Å². The molecule has 0 aliphatic carbocycles. The van der Waals surface area contributed by atoms with Gasteiger partial charge in [-0.3, -0.25) is 4.57 Å². The highest BCUT2D eigenvalue weighted by molar-refractivity contribution is 7.99. The Morgan fingerprint density at radius 1 is 1.03 bits per heavy atom. The number of aromatic nitrogens is 3. The molecule has 2 aromatic carbocycles. The highest BCUT2D eigenvalue weighted by atomic mass is 32.2. The maximum absolute atomic E-state index is 5.38. The number of terminal acetylenes is 1. The maximum atomic E-state index is 5.38. The summed E-state index contributed by atoms with van der Waals surface area (Å²) in [6.45, 7) is 0. The predicted octanol–water partition coefficient (Wildman–Crippen LogP) is 5.00. The van der Waals surface area contributed by atoms with Gasteiger partial charge in [0.25, 0.3) is 0 Å². The van der Waals surface area contributed by atoms with Gasteiger partial charge in [-0.25, -0.2) is 0 Å². The lowest BCUT2D eigenvalue weighted by Crippen LogP contribution is -2.11. The number of hydrogen-bond acceptors (Lipinski definition) is 6. The Balaban J connectivity index is 1.58. The predicted molar refractivity (Wildman–Crippen MR) is 114 cm³/mol. The van der Waals surface area contributed by atoms with E-state index in [1.54, 1.807) is 18.9 Å². The minimum absolute atomic E-state index is 0.285. The third-order valence-electron chi connectivity index (χ3n) is 4.78. The van der Waals surface area contributed by atoms with Gasteiger partial charge in [0.15, 0.2) is 16.6 Å². The fraction of sp³-hybridized carbons (Fsp3) is 0.273. The number of ether oxygens (including phenoxy) is 1. The monoisotopic (exact) mass is 403 g/mol. The molecule has 0 saturated carbocycles. The Kier molecular flexibility index (Phi) is 5.63. The van der Waals surface area contributed by atoms with Crippen molar-refractivity contribution in [2.45, 2.75) is 30.1 Å². The molecule has 7 heteroatoms. The number of benzene rings is 2. The van der Waals surface area contributed by atoms with Crippen LogP contribution in [0.25, 0.3) is 17.1 Å². The molecule has 1 aliphatic heterocycles. The highest BCUT2D eigenvalue weighted by Gasteiger charge is 2.38. The maximum Gasteiger partial charge on any atom is 0.196 e. The summed E-state index contributed by atoms with van der Waals surface area (Å²) in [6, 6.07) is 18.0. The van der Waals surface area contributed by atoms with Gasteiger partial charge >= 0.3 is 0 Å². The van der Waals surface area contributed by atoms with Gasteiger partial charge in [-0.15, -0.1) is 22.5 Å². The largest absolute Gasteiger partial charge is 0.497 e. The van der Waals surface area contributed by atoms with Gasteiger partial charge in [-0.1, -0.05) is 42.1 Å². The molecule has 4 rings (SSSR count). The molecule has 29 heavy (non-hydrogen) atoms. The van der Waals surface area contributed by atoms with E-state index in [2.05, 4.69) is 30.9 Å². The molecule has 0 unspecified atom stereocenters. The molecule has 0 saturated heterocycles. The van der Waals surface area contributed by atoms with Crippen molar-refractivity contribution in [3.05, 3.63) is 54.6 Å². The molecule has 1 aromatic heterocycles. The normalized spacial score (nSPS) is 13.8. The Bertz CT molecular complexity index is 1030. The van der Waals surface area contributed by atoms with Crippen molar-refractivity contribution in [3.8, 4) is 35.2 Å². The van der Waals surface area contributed by atoms with Crippen LogP contribution in [-0.4, -0.2) is 33.3 Å². The van der Waals surface area contributed by atoms with Crippen LogP contribution in [-0.2, 0) is 0 Å². The van der Waals surface area contributed by atoms with Crippen molar-refractivity contribution in [2.75, 3.05) is 12.9 Å². The Hall–Kier alpha value is -3.11. The fourth-order valence-corrected chi connectivity index (χ4v) is 4.11. The fourth-order valence-electron chi connectivity index (χ4n) is 3.08. The van der Waals surface area contributed by atoms with Crippen LogP contribution in [0.15, 0.2) is 70.0 Å². The minimum atomic E-state index is -0.285. The topological polar surface area (TPSA) is 64.7 Å². The van der Waals surface area contributed by atoms with Crippen LogP contribution in [0.4, 0.5) is 0 Å². The molecule has 0 spiro atoms. The molecule has 0 atom stereocenters. The second kappa shape index (κ2) is 8.50. The first-order valence-corrected chi connectivity index (χ1v) is 10.4. The molecule has 0 N–H and O–H groups in total. The van der Waals surface area contributed by atoms with E-state index in [-0.39, 0.29) is 5.66 Å². The first-order chi connectivity index (χ1) is 14.2. The van der Waals surface area contributed by atoms with E-state index in [1.165, 1.54) is 0 Å². The first-order valence-electron chi connectivity index (χ1n) is 9.40. The van der Waals surface area contributed by atoms with E-state index in [9.17, 15) is 0 Å². The zero-order valence-electron chi connectivity index (χ0n) is 16.2. The Morgan fingerprint density at radius 2 is 1.79 bits per heavy atom. The number of hydrogen-bond donors (Lipinski definition) is 0. The Labute approximate surface area is 174 Å². The van der Waals surface area contributed by atoms with E-state index in [0.29, 0.717) is 6.42 Å². The second-order valence-electron chi connectivity index (χ2n) is 6.69. The average molecular weight is 404 g/mol. The van der Waals surface area contributed by atoms with Crippen LogP contribution >= 0.6 is 11.8 Å². The molecule has 146 valence electrons. The van der Waals surface area contributed by atoms with Gasteiger partial charge in [0.2, 0.25) is 0 Å². The zero-order valence-corrected chi connectivity index (χ0v) is 17.0. The van der Waals surface area contributed by atoms with Crippen molar-refractivity contribution >= 4 is 11.8 Å². The molecule has 0 radical (unpaired) electrons. The quantitative estimate of drug-likeness (QED) is 0.372. The molecule has 2 heterocycles. The molecule has 0 amide bonds. The number of rotatable bonds is 9. The summed E-state index contributed by atoms with van der Waals surface area (Å²) < 4.78 is 7.37. The molecule has 1 aliphatic rings. The average Bonchev–Trinajstić information content (AvgIpc) is 3.42. The van der Waals surface area contributed by atoms with Gasteiger partial charge < -0.3 is 4.74 Å². The molecular weight excluding hydrogens is 382 g/mol. The van der Waals surface area contributed by atoms with Gasteiger partial charge in [-0.05, 0) is 24.3 Å². The lowest BCUT2D eigenvalue weighted by molar-refractivity contribution is 0.414. The van der Waals surface area contributed by atoms with E-state index < -0.39 is 0 Å². The molecular formula is C22H21N5OS. The van der Waals surface area contributed by atoms with Crippen molar-refractivity contribution in [1.82, 2.24) is 14.8 Å². The van der Waals surface area contributed by atoms with Crippen molar-refractivity contribution in [2.24, 2.45) is 10.2 Å². The summed E-state index contributed by atoms with van der Waals surface area (Å²) in [5.41, 5.74) is 1.72. The second-order valence-corrected chi connectivity index (χ2v) is 7.75. The summed E-state index contributed by atoms with van der Waals surface area (Å²) in [5, 5.41) is 18.2. The van der Waals surface area contributed by atoms with Crippen LogP contribution in [0.1, 0.15) is 19.3 Å². The van der Waals surface area contributed by atoms with E-state index >= 15 is 0 Å². The van der Waals surface area contributed by atoms with Crippen LogP contribution in [0.5, 0.6) is 5.75 Å². The molecule has 3 aromatic rings. The lowest BCUT2D eigenvalue weighted by atomic mass is 10.1. The summed E-state index contributed by atoms with van der Waals surface area (Å²) in [6.07, 6.45) is 7.72. The van der Waals surface area contributed by atoms with E-state index in [4.69, 9.17) is 11.2 Å². The summed E-state index contributed by atoms with van der Waals surface area (Å²) in [4.78, 5) is 0. The SMILES string of the molecule is C#CCCC1(CCSc2nnc(-c3ccccc3)n2-c2ccc(OC)cc2)N=N1. The van der Waals surface area contributed by atoms with Gasteiger partial charge in [-0.2, -0.15) is 10.2 Å². The highest BCUT2D eigenvalue weighted by Crippen LogP contribution is 2.38. The summed E-state index contributed by atoms with van der Waals surface area (Å²) in [5.74, 6) is 5.12. The standard InChI is InChI=1S/C22H21N5OS/c1-3-4-14-22(25-26-22)15-16-29-21-24-23-20(17-8-6-5-7-9-17)27(21)18-10-12-19(28-2)13-11-18/h1,5-13H,4,14-16H2,2H3. The van der Waals surface area contributed by atoms with E-state index in [1.807, 2.05) is 54.6 Å². The van der Waals surface area contributed by atoms with Crippen molar-refractivity contribution < 1.29 is 4.74 Å². The third kappa shape index (κ3) is 4.33. The molecule has 0 bridgehead atoms. The summed E-state index contributed by atoms with van der Waals surface area (Å²) in [7, 11) is 1.66. The number of methoxy groups -OCH3 is 1. The number of nitrogens with zero attached hydrogens (tertiary/aromatic N) is 5. The van der Waals surface area contributed by atoms with Gasteiger partial charge in [0.05, 0.1) is 7.11 Å². The summed E-state index contributed by atoms with van der Waals surface area (Å²) >= 11 is 1.65. The lowest BCUT2D eigenvalue weighted by Gasteiger charge is -2.12. The smallest absolute Gasteiger partial charge is 0.196 e. The van der Waals surface area contributed by atoms with Crippen molar-refractivity contribution in [1.29, 1.82) is 0 Å². The number of thioether (sulfide) groups is 1. The van der Waals surface area contributed by atoms with Crippen LogP contribution in [0.3, 0.4) is 0 Å². The van der Waals surface area contributed by atoms with Gasteiger partial charge in [0, 0.05) is 36.3 Å².